The van der Waals surface area contributed by atoms with E-state index in [9.17, 15) is 9.18 Å². The molecule has 5 rings (SSSR count). The first-order valence-corrected chi connectivity index (χ1v) is 10.8. The Bertz CT molecular complexity index is 1310. The largest absolute Gasteiger partial charge is 0.457 e. The lowest BCUT2D eigenvalue weighted by atomic mass is 10.0. The average molecular weight is 446 g/mol. The third-order valence-electron chi connectivity index (χ3n) is 5.70. The molecule has 0 radical (unpaired) electrons. The minimum atomic E-state index is -0.322. The zero-order chi connectivity index (χ0) is 22.9. The van der Waals surface area contributed by atoms with E-state index >= 15 is 0 Å². The molecule has 3 aromatic carbocycles. The van der Waals surface area contributed by atoms with Gasteiger partial charge in [0.2, 0.25) is 0 Å². The van der Waals surface area contributed by atoms with Gasteiger partial charge in [0.15, 0.2) is 0 Å². The summed E-state index contributed by atoms with van der Waals surface area (Å²) in [5.74, 6) is 1.05. The van der Waals surface area contributed by atoms with E-state index in [4.69, 9.17) is 13.9 Å². The first kappa shape index (κ1) is 21.0. The molecule has 0 bridgehead atoms. The molecule has 168 valence electrons. The number of ether oxygens (including phenoxy) is 2. The van der Waals surface area contributed by atoms with Crippen LogP contribution in [0.1, 0.15) is 28.9 Å². The van der Waals surface area contributed by atoms with Crippen LogP contribution in [0.3, 0.4) is 0 Å². The maximum Gasteiger partial charge on any atom is 0.255 e. The zero-order valence-electron chi connectivity index (χ0n) is 18.3. The summed E-state index contributed by atoms with van der Waals surface area (Å²) in [7, 11) is 1.60. The molecule has 0 aliphatic carbocycles. The third-order valence-corrected chi connectivity index (χ3v) is 5.70. The summed E-state index contributed by atoms with van der Waals surface area (Å²) in [4.78, 5) is 12.9. The van der Waals surface area contributed by atoms with Gasteiger partial charge in [0.25, 0.3) is 5.91 Å². The number of halogens is 1. The van der Waals surface area contributed by atoms with Crippen LogP contribution in [0.5, 0.6) is 11.5 Å². The Morgan fingerprint density at radius 2 is 1.79 bits per heavy atom. The highest BCUT2D eigenvalue weighted by molar-refractivity contribution is 6.11. The number of hydrogen-bond acceptors (Lipinski definition) is 5. The number of hydrogen-bond donors (Lipinski definition) is 2. The maximum atomic E-state index is 13.1. The van der Waals surface area contributed by atoms with Gasteiger partial charge in [-0.1, -0.05) is 0 Å². The second-order valence-electron chi connectivity index (χ2n) is 7.84. The van der Waals surface area contributed by atoms with E-state index in [2.05, 4.69) is 10.6 Å². The molecule has 1 aliphatic heterocycles. The number of carbonyl (C=O) groups is 1. The maximum absolute atomic E-state index is 13.1. The van der Waals surface area contributed by atoms with Crippen molar-refractivity contribution in [2.75, 3.05) is 25.5 Å². The predicted molar refractivity (Wildman–Crippen MR) is 124 cm³/mol. The van der Waals surface area contributed by atoms with Crippen molar-refractivity contribution in [1.82, 2.24) is 5.32 Å². The second-order valence-corrected chi connectivity index (χ2v) is 7.84. The highest BCUT2D eigenvalue weighted by Crippen LogP contribution is 2.39. The van der Waals surface area contributed by atoms with E-state index in [1.54, 1.807) is 31.3 Å². The molecule has 7 heteroatoms. The Morgan fingerprint density at radius 1 is 1.09 bits per heavy atom. The van der Waals surface area contributed by atoms with Gasteiger partial charge < -0.3 is 24.5 Å². The molecule has 0 spiro atoms. The number of furan rings is 1. The van der Waals surface area contributed by atoms with Gasteiger partial charge in [-0.25, -0.2) is 4.39 Å². The molecule has 2 N–H and O–H groups in total. The molecule has 4 aromatic rings. The molecule has 1 aromatic heterocycles. The van der Waals surface area contributed by atoms with Gasteiger partial charge in [0.1, 0.15) is 28.7 Å². The van der Waals surface area contributed by atoms with Crippen LogP contribution in [-0.4, -0.2) is 26.1 Å². The quantitative estimate of drug-likeness (QED) is 0.409. The number of carbonyl (C=O) groups excluding carboxylic acids is 1. The first-order valence-electron chi connectivity index (χ1n) is 10.8. The Hall–Kier alpha value is -3.84. The standard InChI is InChI=1S/C26H23FN2O4/c1-15-20-13-21-23(14-22(20)29-11-12-31-15)33-25(24(21)26(30)28-2)16-3-7-18(8-4-16)32-19-9-5-17(27)6-10-19/h3-10,13-15,29H,11-12H2,1-2H3,(H,28,30). The molecular weight excluding hydrogens is 423 g/mol. The van der Waals surface area contributed by atoms with Crippen LogP contribution in [0.4, 0.5) is 10.1 Å². The minimum absolute atomic E-state index is 0.0989. The number of amides is 1. The van der Waals surface area contributed by atoms with Crippen molar-refractivity contribution in [2.45, 2.75) is 13.0 Å². The van der Waals surface area contributed by atoms with Crippen LogP contribution in [-0.2, 0) is 4.74 Å². The Kier molecular flexibility index (Phi) is 5.48. The molecule has 6 nitrogen and oxygen atoms in total. The van der Waals surface area contributed by atoms with E-state index in [1.807, 2.05) is 31.2 Å². The lowest BCUT2D eigenvalue weighted by Crippen LogP contribution is -2.18. The number of fused-ring (bicyclic) bond motifs is 2. The topological polar surface area (TPSA) is 72.7 Å². The second kappa shape index (κ2) is 8.60. The third kappa shape index (κ3) is 4.03. The molecule has 1 atom stereocenters. The molecule has 33 heavy (non-hydrogen) atoms. The summed E-state index contributed by atoms with van der Waals surface area (Å²) in [6, 6.07) is 16.9. The van der Waals surface area contributed by atoms with Crippen LogP contribution >= 0.6 is 0 Å². The molecule has 1 amide bonds. The van der Waals surface area contributed by atoms with Crippen LogP contribution in [0.15, 0.2) is 65.1 Å². The minimum Gasteiger partial charge on any atom is -0.457 e. The molecule has 2 heterocycles. The van der Waals surface area contributed by atoms with Crippen molar-refractivity contribution < 1.29 is 23.1 Å². The normalized spacial score (nSPS) is 15.4. The summed E-state index contributed by atoms with van der Waals surface area (Å²) in [5.41, 5.74) is 3.76. The van der Waals surface area contributed by atoms with E-state index in [0.29, 0.717) is 41.6 Å². The molecule has 1 unspecified atom stereocenters. The van der Waals surface area contributed by atoms with Gasteiger partial charge >= 0.3 is 0 Å². The van der Waals surface area contributed by atoms with E-state index in [1.165, 1.54) is 12.1 Å². The molecule has 1 aliphatic rings. The van der Waals surface area contributed by atoms with Gasteiger partial charge in [-0.3, -0.25) is 4.79 Å². The summed E-state index contributed by atoms with van der Waals surface area (Å²) >= 11 is 0. The average Bonchev–Trinajstić information content (AvgIpc) is 3.11. The van der Waals surface area contributed by atoms with Crippen molar-refractivity contribution in [3.05, 3.63) is 77.6 Å². The highest BCUT2D eigenvalue weighted by atomic mass is 19.1. The molecular formula is C26H23FN2O4. The smallest absolute Gasteiger partial charge is 0.255 e. The molecule has 0 fully saturated rings. The van der Waals surface area contributed by atoms with E-state index in [-0.39, 0.29) is 17.8 Å². The fourth-order valence-electron chi connectivity index (χ4n) is 4.03. The van der Waals surface area contributed by atoms with Crippen LogP contribution in [0, 0.1) is 5.82 Å². The predicted octanol–water partition coefficient (Wildman–Crippen LogP) is 5.89. The number of rotatable bonds is 4. The van der Waals surface area contributed by atoms with Crippen molar-refractivity contribution in [3.63, 3.8) is 0 Å². The Morgan fingerprint density at radius 3 is 2.48 bits per heavy atom. The summed E-state index contributed by atoms with van der Waals surface area (Å²) < 4.78 is 30.9. The van der Waals surface area contributed by atoms with Gasteiger partial charge in [-0.15, -0.1) is 0 Å². The van der Waals surface area contributed by atoms with Crippen LogP contribution < -0.4 is 15.4 Å². The highest BCUT2D eigenvalue weighted by Gasteiger charge is 2.25. The van der Waals surface area contributed by atoms with Crippen molar-refractivity contribution in [2.24, 2.45) is 0 Å². The van der Waals surface area contributed by atoms with E-state index in [0.717, 1.165) is 22.2 Å². The molecule has 0 saturated heterocycles. The lowest BCUT2D eigenvalue weighted by molar-refractivity contribution is 0.0777. The Balaban J connectivity index is 1.55. The number of benzene rings is 3. The van der Waals surface area contributed by atoms with Crippen molar-refractivity contribution >= 4 is 22.6 Å². The van der Waals surface area contributed by atoms with Crippen molar-refractivity contribution in [1.29, 1.82) is 0 Å². The summed E-state index contributed by atoms with van der Waals surface area (Å²) in [6.45, 7) is 3.31. The van der Waals surface area contributed by atoms with Gasteiger partial charge in [0, 0.05) is 41.9 Å². The fraction of sp³-hybridized carbons (Fsp3) is 0.192. The summed E-state index contributed by atoms with van der Waals surface area (Å²) in [6.07, 6.45) is -0.0989. The van der Waals surface area contributed by atoms with E-state index < -0.39 is 0 Å². The van der Waals surface area contributed by atoms with Crippen molar-refractivity contribution in [3.8, 4) is 22.8 Å². The van der Waals surface area contributed by atoms with Gasteiger partial charge in [-0.05, 0) is 61.5 Å². The fourth-order valence-corrected chi connectivity index (χ4v) is 4.03. The van der Waals surface area contributed by atoms with Gasteiger partial charge in [-0.2, -0.15) is 0 Å². The first-order chi connectivity index (χ1) is 16.0. The monoisotopic (exact) mass is 446 g/mol. The molecule has 0 saturated carbocycles. The van der Waals surface area contributed by atoms with Gasteiger partial charge in [0.05, 0.1) is 18.3 Å². The van der Waals surface area contributed by atoms with Crippen LogP contribution in [0.2, 0.25) is 0 Å². The Labute approximate surface area is 190 Å². The summed E-state index contributed by atoms with van der Waals surface area (Å²) in [5, 5.41) is 6.82. The number of nitrogens with one attached hydrogen (secondary N) is 2. The SMILES string of the molecule is CNC(=O)c1c(-c2ccc(Oc3ccc(F)cc3)cc2)oc2cc3c(cc12)C(C)OCCN3. The number of anilines is 1. The van der Waals surface area contributed by atoms with Crippen LogP contribution in [0.25, 0.3) is 22.3 Å². The lowest BCUT2D eigenvalue weighted by Gasteiger charge is -2.12. The zero-order valence-corrected chi connectivity index (χ0v) is 18.3.